The van der Waals surface area contributed by atoms with Crippen LogP contribution in [0.15, 0.2) is 0 Å². The molecule has 52 nitrogen and oxygen atoms in total. The van der Waals surface area contributed by atoms with E-state index >= 15 is 0 Å². The zero-order chi connectivity index (χ0) is 82.2. The average molecular weight is 1660 g/mol. The minimum Gasteiger partial charge on any atom is -0.479 e. The topological polar surface area (TPSA) is 674 Å². The molecule has 101 heavy (non-hydrogen) atoms. The quantitative estimate of drug-likeness (QED) is 0.00725. The number of ether oxygens (including phenoxy) is 14. The lowest BCUT2D eigenvalue weighted by Crippen LogP contribution is -2.77. The van der Waals surface area contributed by atoms with E-state index in [1.54, 1.807) is 4.72 Å². The van der Waals surface area contributed by atoms with Crippen molar-refractivity contribution in [1.82, 2.24) is 13.7 Å². The van der Waals surface area contributed by atoms with Gasteiger partial charge in [0.2, 0.25) is 0 Å². The molecule has 60 heteroatoms. The highest BCUT2D eigenvalue weighted by Crippen LogP contribution is 2.49. The third-order valence-corrected chi connectivity index (χ3v) is 18.4. The fourth-order valence-electron chi connectivity index (χ4n) is 10.9. The molecule has 5 aliphatic rings. The first-order chi connectivity index (χ1) is 49.8. The van der Waals surface area contributed by atoms with E-state index in [4.69, 9.17) is 98.7 Å². The van der Waals surface area contributed by atoms with Crippen molar-refractivity contribution in [2.45, 2.75) is 192 Å². The monoisotopic (exact) mass is 1650 g/mol. The number of nitrogens with one attached hydrogen (secondary N) is 2. The molecule has 0 bridgehead atoms. The second-order valence-corrected chi connectivity index (χ2v) is 26.7. The van der Waals surface area contributed by atoms with E-state index in [1.807, 2.05) is 0 Å². The Morgan fingerprint density at radius 2 is 1.26 bits per heavy atom. The Morgan fingerprint density at radius 1 is 0.653 bits per heavy atom. The molecule has 11 unspecified atom stereocenters. The van der Waals surface area contributed by atoms with Gasteiger partial charge in [0.05, 0.1) is 28.8 Å². The number of nitrogens with zero attached hydrogens (tertiary/aromatic N) is 1. The molecule has 5 heterocycles. The first-order valence-electron chi connectivity index (χ1n) is 30.2. The predicted octanol–water partition coefficient (Wildman–Crippen LogP) is -2.93. The lowest BCUT2D eigenvalue weighted by Gasteiger charge is -2.58. The summed E-state index contributed by atoms with van der Waals surface area (Å²) in [6.45, 7) is -1.24. The summed E-state index contributed by atoms with van der Waals surface area (Å²) in [5.74, 6) is -4.56. The van der Waals surface area contributed by atoms with Gasteiger partial charge in [0.25, 0.3) is 0 Å². The van der Waals surface area contributed by atoms with E-state index in [2.05, 4.69) is 59.9 Å². The van der Waals surface area contributed by atoms with E-state index in [-0.39, 0.29) is 36.8 Å². The number of carboxylic acid groups (broad SMARTS) is 2. The van der Waals surface area contributed by atoms with Gasteiger partial charge in [0.15, 0.2) is 74.4 Å². The Labute approximate surface area is 602 Å². The summed E-state index contributed by atoms with van der Waals surface area (Å²) in [6, 6.07) is -7.98. The zero-order valence-electron chi connectivity index (χ0n) is 59.7. The van der Waals surface area contributed by atoms with Gasteiger partial charge in [-0.05, 0) is 34.6 Å². The molecule has 0 aromatic carbocycles. The predicted molar refractivity (Wildman–Crippen MR) is 313 cm³/mol. The fraction of sp³-hybridized carbons (Fsp3) is 0.951. The van der Waals surface area contributed by atoms with Gasteiger partial charge < -0.3 is 86.7 Å². The van der Waals surface area contributed by atoms with Crippen LogP contribution in [0, 0.1) is 0 Å². The third-order valence-electron chi connectivity index (χ3n) is 14.8. The van der Waals surface area contributed by atoms with Crippen molar-refractivity contribution in [1.29, 1.82) is 0 Å². The number of methoxy groups -OCH3 is 5. The Balaban J connectivity index is 1.77. The van der Waals surface area contributed by atoms with Gasteiger partial charge in [-0.1, -0.05) is 25.2 Å². The van der Waals surface area contributed by atoms with Gasteiger partial charge in [-0.3, -0.25) is 22.0 Å². The molecule has 5 fully saturated rings. The van der Waals surface area contributed by atoms with E-state index in [1.165, 1.54) is 28.2 Å². The Hall–Kier alpha value is -1.14. The van der Waals surface area contributed by atoms with Crippen LogP contribution >= 0.6 is 61.3 Å². The number of carboxylic acids is 2. The van der Waals surface area contributed by atoms with Crippen LogP contribution in [0.25, 0.3) is 0 Å². The lowest BCUT2D eigenvalue weighted by molar-refractivity contribution is -0.437. The highest BCUT2D eigenvalue weighted by molar-refractivity contribution is 7.93. The molecule has 5 aliphatic heterocycles. The number of hydrogen-bond donors (Lipinski definition) is 14. The Bertz CT molecular complexity index is 3300. The summed E-state index contributed by atoms with van der Waals surface area (Å²) < 4.78 is 303. The molecule has 14 N–H and O–H groups in total. The summed E-state index contributed by atoms with van der Waals surface area (Å²) in [7, 11) is -13.3. The number of hydrogen-bond acceptors (Lipinski definition) is 52. The van der Waals surface area contributed by atoms with Gasteiger partial charge in [-0.25, -0.2) is 62.2 Å². The molecule has 0 spiro atoms. The van der Waals surface area contributed by atoms with E-state index in [0.717, 1.165) is 32.2 Å². The summed E-state index contributed by atoms with van der Waals surface area (Å²) >= 11 is -0.974. The van der Waals surface area contributed by atoms with Gasteiger partial charge >= 0.3 is 43.1 Å². The van der Waals surface area contributed by atoms with E-state index in [9.17, 15) is 84.9 Å². The molecule has 0 radical (unpaired) electrons. The number of aliphatic hydroxyl groups excluding tert-OH is 1. The second-order valence-electron chi connectivity index (χ2n) is 20.7. The van der Waals surface area contributed by atoms with Crippen LogP contribution in [0.2, 0.25) is 0 Å². The van der Waals surface area contributed by atoms with Crippen LogP contribution in [-0.2, 0) is 175 Å². The van der Waals surface area contributed by atoms with Crippen LogP contribution in [0.4, 0.5) is 0 Å². The highest BCUT2D eigenvalue weighted by atomic mass is 32.3. The molecule has 0 aliphatic carbocycles. The molecule has 0 aromatic rings. The Morgan fingerprint density at radius 3 is 1.79 bits per heavy atom. The second kappa shape index (κ2) is 40.0. The van der Waals surface area contributed by atoms with Gasteiger partial charge in [0, 0.05) is 42.6 Å². The SMILES string of the molecule is [2H]C1(NSOOO)C([2H])(OC)[C@]([2H])(O[C@@H]2OC(C(=O)O)[C@@](C)(O[C@H]3OC(C(C)OS(=O)(=O)O)[C@@](C)(O[C@@H]4O[C@@H](C(=O)O)[C@@H](O[C@H]5O[C@@H](COSOOO)[C@@H](OC)C(C)(OC)C5N(C)SOOO)C(C)(O)C4OC)[C@H](OSOOO)C3NSOOO)[C@@H](O)C2OS(=O)(=O)O)[C@]([2H])(C([2H])([2H])OS(=O)(=O)O)O[C@]1([2H])OC. The molecule has 5 saturated heterocycles. The highest BCUT2D eigenvalue weighted by Gasteiger charge is 2.69. The van der Waals surface area contributed by atoms with Gasteiger partial charge in [0.1, 0.15) is 138 Å². The minimum atomic E-state index is -6.35. The standard InChI is InChI=1S/C41H73N3O49S8/c1-14(82-100(59,60)61)25-41(5,80-37-30(67-9)38(2,50)28(22(75-37)31(46)47)77-36-23(44(6)96-91-86-53)39(3,69-11)26(66-8)16(73-36)12-70-97-92-87-54)27(81-98-93-88-55)18(43-95-90-85-52)34(76-25)79-40(4)24(45)21(83-101(62,63)64)35(78-29(40)32(48)49)74-19-15(13-71-99(56,57)58)72-33(68-10)17(20(19)65-7)42-94-89-84-51/h14-30,33-37,42-43,45,50-55H,12-13H2,1-11H3,(H,46,47)(H,48,49)(H,56,57,58)(H,59,60,61)(H,62,63,64)/t14?,15-,16-,17?,18?,19+,20?,21?,22+,23?,24-,25?,26+,27+,28+,29?,30?,33-,34+,35+,36+,37-,38?,39?,40-,41+/m0/s1/i13D2,15D,17D,19D,20D,33D. The van der Waals surface area contributed by atoms with Crippen molar-refractivity contribution in [2.75, 3.05) is 55.8 Å². The fourth-order valence-corrected chi connectivity index (χ4v) is 14.0. The Kier molecular flexibility index (Phi) is 31.4. The maximum absolute atomic E-state index is 13.8. The molecule has 594 valence electrons. The van der Waals surface area contributed by atoms with Crippen LogP contribution < -0.4 is 9.44 Å². The van der Waals surface area contributed by atoms with Crippen LogP contribution in [0.3, 0.4) is 0 Å². The summed E-state index contributed by atoms with van der Waals surface area (Å²) in [5, 5.41) is 111. The van der Waals surface area contributed by atoms with Crippen molar-refractivity contribution >= 4 is 104 Å². The maximum atomic E-state index is 13.8. The van der Waals surface area contributed by atoms with Crippen molar-refractivity contribution in [2.24, 2.45) is 0 Å². The largest absolute Gasteiger partial charge is 0.479 e. The summed E-state index contributed by atoms with van der Waals surface area (Å²) in [6.07, 6.45) is -56.9. The number of carbonyl (C=O) groups is 2. The van der Waals surface area contributed by atoms with Crippen molar-refractivity contribution in [3.05, 3.63) is 0 Å². The number of rotatable bonds is 44. The number of likely N-dealkylation sites (N-methyl/N-ethyl adjacent to an activating group) is 1. The number of aliphatic carboxylic acids is 2. The van der Waals surface area contributed by atoms with Crippen molar-refractivity contribution in [3.63, 3.8) is 0 Å². The molecule has 0 saturated carbocycles. The molecular formula is C41H73N3O49S8. The minimum absolute atomic E-state index is 0.0692. The first-order valence-corrected chi connectivity index (χ1v) is 34.3. The third kappa shape index (κ3) is 23.0. The zero-order valence-corrected chi connectivity index (χ0v) is 59.2. The first kappa shape index (κ1) is 79.4. The molecule has 0 aromatic heterocycles. The normalized spacial score (nSPS) is 43.4. The van der Waals surface area contributed by atoms with E-state index < -0.39 is 238 Å². The van der Waals surface area contributed by atoms with Crippen molar-refractivity contribution < 1.29 is 239 Å². The lowest BCUT2D eigenvalue weighted by atomic mass is 9.80. The molecule has 26 atom stereocenters. The summed E-state index contributed by atoms with van der Waals surface area (Å²) in [5.41, 5.74) is -11.3. The van der Waals surface area contributed by atoms with Crippen LogP contribution in [-0.4, -0.2) is 315 Å². The summed E-state index contributed by atoms with van der Waals surface area (Å²) in [4.78, 5) is 27.6. The van der Waals surface area contributed by atoms with Crippen LogP contribution in [0.1, 0.15) is 44.2 Å². The maximum Gasteiger partial charge on any atom is 0.397 e. The molecular weight excluding hydrogens is 1570 g/mol. The van der Waals surface area contributed by atoms with E-state index in [0.29, 0.717) is 21.1 Å². The molecule has 5 rings (SSSR count). The van der Waals surface area contributed by atoms with Crippen molar-refractivity contribution in [3.8, 4) is 0 Å². The molecule has 0 amide bonds. The number of aliphatic hydroxyl groups is 2. The average Bonchev–Trinajstić information content (AvgIpc) is 0.662. The smallest absolute Gasteiger partial charge is 0.397 e. The van der Waals surface area contributed by atoms with Gasteiger partial charge in [-0.15, -0.1) is 21.7 Å². The van der Waals surface area contributed by atoms with Gasteiger partial charge in [-0.2, -0.15) is 25.3 Å². The van der Waals surface area contributed by atoms with Crippen LogP contribution in [0.5, 0.6) is 0 Å².